The number of hydrogen-bond donors (Lipinski definition) is 0. The Bertz CT molecular complexity index is 3470. The van der Waals surface area contributed by atoms with E-state index in [1.54, 1.807) is 0 Å². The lowest BCUT2D eigenvalue weighted by Gasteiger charge is -2.29. The Morgan fingerprint density at radius 1 is 0.362 bits per heavy atom. The average molecular weight is 758 g/mol. The van der Waals surface area contributed by atoms with Gasteiger partial charge in [0.15, 0.2) is 0 Å². The average Bonchev–Trinajstić information content (AvgIpc) is 3.95. The molecular weight excluding hydrogens is 723 g/mol. The second kappa shape index (κ2) is 13.1. The Labute approximate surface area is 339 Å². The summed E-state index contributed by atoms with van der Waals surface area (Å²) in [6.45, 7) is 0. The standard InChI is InChI=1S/C54H35N3S/c1-3-17-36(18-4-1)40-21-7-12-26-46(40)55(38-31-32-44-43-24-11-16-30-52(43)58-53(44)35-38)39-33-50-54(45-25-10-15-29-49(45)56(50)37-19-5-2-6-20-37)51(34-39)57-47-27-13-8-22-41(47)42-23-9-14-28-48(42)57/h1-35H. The van der Waals surface area contributed by atoms with E-state index in [0.29, 0.717) is 0 Å². The predicted molar refractivity (Wildman–Crippen MR) is 248 cm³/mol. The fraction of sp³-hybridized carbons (Fsp3) is 0. The fourth-order valence-electron chi connectivity index (χ4n) is 9.21. The molecule has 58 heavy (non-hydrogen) atoms. The molecule has 0 radical (unpaired) electrons. The molecule has 3 aromatic heterocycles. The Kier molecular flexibility index (Phi) is 7.40. The van der Waals surface area contributed by atoms with Gasteiger partial charge < -0.3 is 14.0 Å². The zero-order chi connectivity index (χ0) is 38.2. The molecule has 3 heterocycles. The summed E-state index contributed by atoms with van der Waals surface area (Å²) < 4.78 is 7.51. The third kappa shape index (κ3) is 4.99. The fourth-order valence-corrected chi connectivity index (χ4v) is 10.4. The number of rotatable bonds is 6. The van der Waals surface area contributed by atoms with Crippen molar-refractivity contribution in [3.63, 3.8) is 0 Å². The van der Waals surface area contributed by atoms with Crippen molar-refractivity contribution < 1.29 is 0 Å². The third-order valence-corrected chi connectivity index (χ3v) is 12.8. The van der Waals surface area contributed by atoms with E-state index in [1.807, 2.05) is 11.3 Å². The van der Waals surface area contributed by atoms with Gasteiger partial charge in [-0.3, -0.25) is 0 Å². The van der Waals surface area contributed by atoms with Crippen LogP contribution in [0.15, 0.2) is 212 Å². The summed E-state index contributed by atoms with van der Waals surface area (Å²) in [7, 11) is 0. The molecule has 0 aliphatic heterocycles. The van der Waals surface area contributed by atoms with E-state index in [0.717, 1.165) is 34.0 Å². The van der Waals surface area contributed by atoms with E-state index in [2.05, 4.69) is 226 Å². The van der Waals surface area contributed by atoms with Gasteiger partial charge in [0.25, 0.3) is 0 Å². The third-order valence-electron chi connectivity index (χ3n) is 11.7. The summed E-state index contributed by atoms with van der Waals surface area (Å²) >= 11 is 1.86. The summed E-state index contributed by atoms with van der Waals surface area (Å²) in [4.78, 5) is 2.48. The largest absolute Gasteiger partial charge is 0.310 e. The van der Waals surface area contributed by atoms with Crippen LogP contribution in [0.25, 0.3) is 86.3 Å². The van der Waals surface area contributed by atoms with Crippen LogP contribution < -0.4 is 4.90 Å². The van der Waals surface area contributed by atoms with Gasteiger partial charge in [-0.1, -0.05) is 146 Å². The van der Waals surface area contributed by atoms with Crippen molar-refractivity contribution in [1.29, 1.82) is 0 Å². The molecule has 0 fully saturated rings. The van der Waals surface area contributed by atoms with E-state index in [9.17, 15) is 0 Å². The first-order valence-corrected chi connectivity index (χ1v) is 20.6. The highest BCUT2D eigenvalue weighted by Gasteiger charge is 2.25. The number of nitrogens with zero attached hydrogens (tertiary/aromatic N) is 3. The first-order valence-electron chi connectivity index (χ1n) is 19.8. The smallest absolute Gasteiger partial charge is 0.0583 e. The Balaban J connectivity index is 1.25. The summed E-state index contributed by atoms with van der Waals surface area (Å²) in [5, 5.41) is 7.49. The normalized spacial score (nSPS) is 11.8. The summed E-state index contributed by atoms with van der Waals surface area (Å²) in [6, 6.07) is 77.6. The number of aromatic nitrogens is 2. The molecule has 0 atom stereocenters. The second-order valence-electron chi connectivity index (χ2n) is 14.9. The predicted octanol–water partition coefficient (Wildman–Crippen LogP) is 15.4. The van der Waals surface area contributed by atoms with E-state index >= 15 is 0 Å². The highest BCUT2D eigenvalue weighted by atomic mass is 32.1. The number of hydrogen-bond acceptors (Lipinski definition) is 2. The molecule has 0 amide bonds. The van der Waals surface area contributed by atoms with Crippen LogP contribution in [-0.2, 0) is 0 Å². The molecular formula is C54H35N3S. The number of benzene rings is 9. The van der Waals surface area contributed by atoms with E-state index < -0.39 is 0 Å². The quantitative estimate of drug-likeness (QED) is 0.165. The Morgan fingerprint density at radius 2 is 0.931 bits per heavy atom. The maximum absolute atomic E-state index is 2.49. The van der Waals surface area contributed by atoms with Gasteiger partial charge in [0.1, 0.15) is 0 Å². The Hall–Kier alpha value is -7.40. The minimum absolute atomic E-state index is 1.08. The highest BCUT2D eigenvalue weighted by molar-refractivity contribution is 7.25. The molecule has 0 unspecified atom stereocenters. The van der Waals surface area contributed by atoms with Crippen LogP contribution in [0.3, 0.4) is 0 Å². The number of fused-ring (bicyclic) bond motifs is 9. The van der Waals surface area contributed by atoms with E-state index in [-0.39, 0.29) is 0 Å². The molecule has 0 saturated heterocycles. The molecule has 0 saturated carbocycles. The molecule has 0 spiro atoms. The molecule has 3 nitrogen and oxygen atoms in total. The van der Waals surface area contributed by atoms with Crippen molar-refractivity contribution in [3.05, 3.63) is 212 Å². The number of para-hydroxylation sites is 5. The zero-order valence-electron chi connectivity index (χ0n) is 31.5. The molecule has 0 N–H and O–H groups in total. The summed E-state index contributed by atoms with van der Waals surface area (Å²) in [6.07, 6.45) is 0. The van der Waals surface area contributed by atoms with Crippen LogP contribution in [0.2, 0.25) is 0 Å². The van der Waals surface area contributed by atoms with Crippen LogP contribution in [0.4, 0.5) is 17.1 Å². The van der Waals surface area contributed by atoms with Crippen molar-refractivity contribution in [2.24, 2.45) is 0 Å². The van der Waals surface area contributed by atoms with Gasteiger partial charge in [-0.25, -0.2) is 0 Å². The van der Waals surface area contributed by atoms with Gasteiger partial charge in [0.05, 0.1) is 39.1 Å². The first kappa shape index (κ1) is 32.8. The topological polar surface area (TPSA) is 13.1 Å². The van der Waals surface area contributed by atoms with Crippen molar-refractivity contribution in [2.45, 2.75) is 0 Å². The van der Waals surface area contributed by atoms with Crippen LogP contribution in [-0.4, -0.2) is 9.13 Å². The van der Waals surface area contributed by atoms with Gasteiger partial charge in [-0.05, 0) is 72.3 Å². The molecule has 4 heteroatoms. The van der Waals surface area contributed by atoms with Crippen molar-refractivity contribution in [2.75, 3.05) is 4.90 Å². The number of anilines is 3. The number of thiophene rings is 1. The zero-order valence-corrected chi connectivity index (χ0v) is 32.3. The molecule has 0 aliphatic carbocycles. The van der Waals surface area contributed by atoms with Crippen molar-refractivity contribution in [1.82, 2.24) is 9.13 Å². The lowest BCUT2D eigenvalue weighted by molar-refractivity contribution is 1.16. The van der Waals surface area contributed by atoms with Gasteiger partial charge in [0.2, 0.25) is 0 Å². The van der Waals surface area contributed by atoms with Crippen LogP contribution in [0.1, 0.15) is 0 Å². The maximum atomic E-state index is 2.49. The second-order valence-corrected chi connectivity index (χ2v) is 16.0. The Morgan fingerprint density at radius 3 is 1.67 bits per heavy atom. The minimum Gasteiger partial charge on any atom is -0.310 e. The first-order chi connectivity index (χ1) is 28.8. The van der Waals surface area contributed by atoms with Crippen LogP contribution >= 0.6 is 11.3 Å². The molecule has 0 aliphatic rings. The van der Waals surface area contributed by atoms with E-state index in [1.165, 1.54) is 69.4 Å². The maximum Gasteiger partial charge on any atom is 0.0583 e. The summed E-state index contributed by atoms with van der Waals surface area (Å²) in [5.74, 6) is 0. The monoisotopic (exact) mass is 757 g/mol. The SMILES string of the molecule is c1ccc(-c2ccccc2N(c2ccc3c(c2)sc2ccccc23)c2cc(-n3c4ccccc4c4ccccc43)c3c4ccccc4n(-c4ccccc4)c3c2)cc1. The molecule has 9 aromatic carbocycles. The molecule has 272 valence electrons. The molecule has 12 rings (SSSR count). The van der Waals surface area contributed by atoms with Crippen LogP contribution in [0, 0.1) is 0 Å². The van der Waals surface area contributed by atoms with Gasteiger partial charge in [-0.15, -0.1) is 11.3 Å². The lowest BCUT2D eigenvalue weighted by Crippen LogP contribution is -2.12. The molecule has 0 bridgehead atoms. The lowest BCUT2D eigenvalue weighted by atomic mass is 10.0. The summed E-state index contributed by atoms with van der Waals surface area (Å²) in [5.41, 5.74) is 12.6. The van der Waals surface area contributed by atoms with Crippen LogP contribution in [0.5, 0.6) is 0 Å². The van der Waals surface area contributed by atoms with Crippen molar-refractivity contribution in [3.8, 4) is 22.5 Å². The van der Waals surface area contributed by atoms with Crippen molar-refractivity contribution >= 4 is 92.2 Å². The van der Waals surface area contributed by atoms with Gasteiger partial charge in [-0.2, -0.15) is 0 Å². The molecule has 12 aromatic rings. The minimum atomic E-state index is 1.08. The highest BCUT2D eigenvalue weighted by Crippen LogP contribution is 2.48. The van der Waals surface area contributed by atoms with Gasteiger partial charge >= 0.3 is 0 Å². The van der Waals surface area contributed by atoms with E-state index in [4.69, 9.17) is 0 Å². The van der Waals surface area contributed by atoms with Gasteiger partial charge in [0, 0.05) is 58.7 Å².